The van der Waals surface area contributed by atoms with Crippen LogP contribution in [0.5, 0.6) is 0 Å². The quantitative estimate of drug-likeness (QED) is 0.775. The van der Waals surface area contributed by atoms with Crippen molar-refractivity contribution in [2.75, 3.05) is 13.1 Å². The fourth-order valence-electron chi connectivity index (χ4n) is 2.46. The van der Waals surface area contributed by atoms with E-state index in [0.717, 1.165) is 12.9 Å². The van der Waals surface area contributed by atoms with Gasteiger partial charge in [-0.1, -0.05) is 0 Å². The highest BCUT2D eigenvalue weighted by Crippen LogP contribution is 2.38. The van der Waals surface area contributed by atoms with E-state index in [1.807, 2.05) is 0 Å². The first-order valence-corrected chi connectivity index (χ1v) is 6.47. The first-order chi connectivity index (χ1) is 7.41. The molecule has 2 heterocycles. The van der Waals surface area contributed by atoms with Crippen LogP contribution in [0.1, 0.15) is 40.5 Å². The molecular formula is C12H25BClNO2. The molecular weight excluding hydrogens is 236 g/mol. The molecule has 3 nitrogen and oxygen atoms in total. The highest BCUT2D eigenvalue weighted by molar-refractivity contribution is 6.45. The minimum absolute atomic E-state index is 0. The molecule has 2 rings (SSSR count). The summed E-state index contributed by atoms with van der Waals surface area (Å²) in [5.41, 5.74) is -0.362. The molecule has 0 amide bonds. The molecule has 2 fully saturated rings. The molecule has 5 heteroatoms. The Bertz CT molecular complexity index is 239. The van der Waals surface area contributed by atoms with Crippen LogP contribution >= 0.6 is 12.4 Å². The average molecular weight is 262 g/mol. The van der Waals surface area contributed by atoms with Crippen molar-refractivity contribution in [3.63, 3.8) is 0 Å². The van der Waals surface area contributed by atoms with Crippen molar-refractivity contribution in [3.8, 4) is 0 Å². The molecule has 0 aliphatic carbocycles. The lowest BCUT2D eigenvalue weighted by Crippen LogP contribution is -2.41. The Hall–Kier alpha value is 0.235. The maximum atomic E-state index is 6.02. The van der Waals surface area contributed by atoms with Crippen molar-refractivity contribution >= 4 is 19.5 Å². The summed E-state index contributed by atoms with van der Waals surface area (Å²) in [6, 6.07) is 0. The Labute approximate surface area is 112 Å². The second kappa shape index (κ2) is 5.47. The fraction of sp³-hybridized carbons (Fsp3) is 1.00. The van der Waals surface area contributed by atoms with Crippen molar-refractivity contribution in [2.45, 2.75) is 58.1 Å². The van der Waals surface area contributed by atoms with Gasteiger partial charge in [-0.15, -0.1) is 12.4 Å². The van der Waals surface area contributed by atoms with Gasteiger partial charge in [0.25, 0.3) is 0 Å². The number of halogens is 1. The molecule has 0 aromatic carbocycles. The zero-order valence-electron chi connectivity index (χ0n) is 11.4. The highest BCUT2D eigenvalue weighted by atomic mass is 35.5. The van der Waals surface area contributed by atoms with Gasteiger partial charge in [-0.2, -0.15) is 0 Å². The molecule has 0 aromatic heterocycles. The Morgan fingerprint density at radius 3 is 2.24 bits per heavy atom. The Kier molecular flexibility index (Phi) is 4.93. The number of hydrogen-bond donors (Lipinski definition) is 1. The van der Waals surface area contributed by atoms with Crippen molar-refractivity contribution < 1.29 is 9.31 Å². The van der Waals surface area contributed by atoms with Gasteiger partial charge in [0.2, 0.25) is 0 Å². The van der Waals surface area contributed by atoms with E-state index in [9.17, 15) is 0 Å². The summed E-state index contributed by atoms with van der Waals surface area (Å²) in [6.45, 7) is 10.8. The topological polar surface area (TPSA) is 30.5 Å². The molecule has 0 radical (unpaired) electrons. The smallest absolute Gasteiger partial charge is 0.403 e. The molecule has 100 valence electrons. The van der Waals surface area contributed by atoms with Crippen LogP contribution in [0, 0.1) is 5.92 Å². The van der Waals surface area contributed by atoms with Crippen LogP contribution in [0.4, 0.5) is 0 Å². The number of rotatable bonds is 2. The predicted molar refractivity (Wildman–Crippen MR) is 73.7 cm³/mol. The summed E-state index contributed by atoms with van der Waals surface area (Å²) in [6.07, 6.45) is 3.61. The van der Waals surface area contributed by atoms with Crippen molar-refractivity contribution in [3.05, 3.63) is 0 Å². The van der Waals surface area contributed by atoms with Gasteiger partial charge >= 0.3 is 7.12 Å². The highest BCUT2D eigenvalue weighted by Gasteiger charge is 2.51. The van der Waals surface area contributed by atoms with Crippen LogP contribution in [-0.2, 0) is 9.31 Å². The van der Waals surface area contributed by atoms with E-state index in [4.69, 9.17) is 9.31 Å². The maximum absolute atomic E-state index is 6.02. The van der Waals surface area contributed by atoms with E-state index >= 15 is 0 Å². The normalized spacial score (nSPS) is 31.1. The summed E-state index contributed by atoms with van der Waals surface area (Å²) in [7, 11) is -0.0186. The Morgan fingerprint density at radius 2 is 1.76 bits per heavy atom. The largest absolute Gasteiger partial charge is 0.458 e. The lowest BCUT2D eigenvalue weighted by atomic mass is 9.75. The number of nitrogens with one attached hydrogen (secondary N) is 1. The zero-order chi connectivity index (χ0) is 11.8. The van der Waals surface area contributed by atoms with Gasteiger partial charge in [0, 0.05) is 0 Å². The first kappa shape index (κ1) is 15.3. The second-order valence-corrected chi connectivity index (χ2v) is 6.13. The van der Waals surface area contributed by atoms with E-state index in [-0.39, 0.29) is 30.7 Å². The molecule has 2 aliphatic rings. The summed E-state index contributed by atoms with van der Waals surface area (Å²) < 4.78 is 12.0. The lowest BCUT2D eigenvalue weighted by molar-refractivity contribution is 0.00578. The summed E-state index contributed by atoms with van der Waals surface area (Å²) in [5, 5.41) is 3.44. The van der Waals surface area contributed by atoms with Crippen LogP contribution in [0.25, 0.3) is 0 Å². The minimum atomic E-state index is -0.181. The van der Waals surface area contributed by atoms with Crippen molar-refractivity contribution in [2.24, 2.45) is 5.92 Å². The van der Waals surface area contributed by atoms with Gasteiger partial charge in [0.1, 0.15) is 0 Å². The average Bonchev–Trinajstić information content (AvgIpc) is 2.36. The lowest BCUT2D eigenvalue weighted by Gasteiger charge is -2.32. The molecule has 2 aliphatic heterocycles. The number of hydrogen-bond acceptors (Lipinski definition) is 3. The molecule has 17 heavy (non-hydrogen) atoms. The van der Waals surface area contributed by atoms with Gasteiger partial charge in [-0.05, 0) is 65.9 Å². The predicted octanol–water partition coefficient (Wildman–Crippen LogP) is 2.50. The molecule has 0 aromatic rings. The van der Waals surface area contributed by atoms with Crippen LogP contribution in [0.15, 0.2) is 0 Å². The molecule has 0 saturated carbocycles. The monoisotopic (exact) mass is 261 g/mol. The SMILES string of the molecule is CC1(C)OB(CC2CCCNC2)OC1(C)C.Cl. The summed E-state index contributed by atoms with van der Waals surface area (Å²) in [5.74, 6) is 0.712. The van der Waals surface area contributed by atoms with Gasteiger partial charge < -0.3 is 14.6 Å². The molecule has 0 bridgehead atoms. The molecule has 0 spiro atoms. The zero-order valence-corrected chi connectivity index (χ0v) is 12.2. The third kappa shape index (κ3) is 3.37. The van der Waals surface area contributed by atoms with Crippen LogP contribution in [-0.4, -0.2) is 31.4 Å². The van der Waals surface area contributed by atoms with Gasteiger partial charge in [0.05, 0.1) is 11.2 Å². The van der Waals surface area contributed by atoms with Gasteiger partial charge in [-0.25, -0.2) is 0 Å². The summed E-state index contributed by atoms with van der Waals surface area (Å²) in [4.78, 5) is 0. The third-order valence-electron chi connectivity index (χ3n) is 4.23. The van der Waals surface area contributed by atoms with Crippen LogP contribution in [0.2, 0.25) is 6.32 Å². The first-order valence-electron chi connectivity index (χ1n) is 6.47. The Morgan fingerprint density at radius 1 is 1.18 bits per heavy atom. The molecule has 1 N–H and O–H groups in total. The minimum Gasteiger partial charge on any atom is -0.403 e. The van der Waals surface area contributed by atoms with Crippen molar-refractivity contribution in [1.82, 2.24) is 5.32 Å². The Balaban J connectivity index is 0.00000144. The van der Waals surface area contributed by atoms with E-state index in [0.29, 0.717) is 5.92 Å². The van der Waals surface area contributed by atoms with E-state index in [1.54, 1.807) is 0 Å². The van der Waals surface area contributed by atoms with E-state index in [2.05, 4.69) is 33.0 Å². The van der Waals surface area contributed by atoms with E-state index in [1.165, 1.54) is 19.4 Å². The van der Waals surface area contributed by atoms with E-state index < -0.39 is 0 Å². The van der Waals surface area contributed by atoms with Gasteiger partial charge in [-0.3, -0.25) is 0 Å². The van der Waals surface area contributed by atoms with Crippen LogP contribution < -0.4 is 5.32 Å². The third-order valence-corrected chi connectivity index (χ3v) is 4.23. The molecule has 2 saturated heterocycles. The van der Waals surface area contributed by atoms with Crippen LogP contribution in [0.3, 0.4) is 0 Å². The second-order valence-electron chi connectivity index (χ2n) is 6.13. The maximum Gasteiger partial charge on any atom is 0.458 e. The fourth-order valence-corrected chi connectivity index (χ4v) is 2.46. The summed E-state index contributed by atoms with van der Waals surface area (Å²) >= 11 is 0. The molecule has 1 atom stereocenters. The standard InChI is InChI=1S/C12H24BNO2.ClH/c1-11(2)12(3,4)16-13(15-11)8-10-6-5-7-14-9-10;/h10,14H,5-9H2,1-4H3;1H. The van der Waals surface area contributed by atoms with Gasteiger partial charge in [0.15, 0.2) is 0 Å². The van der Waals surface area contributed by atoms with Crippen molar-refractivity contribution in [1.29, 1.82) is 0 Å². The number of piperidine rings is 1. The molecule has 1 unspecified atom stereocenters.